The van der Waals surface area contributed by atoms with Crippen LogP contribution in [0.5, 0.6) is 28.7 Å². The maximum Gasteiger partial charge on any atom is 0.338 e. The zero-order chi connectivity index (χ0) is 23.1. The first-order valence-electron chi connectivity index (χ1n) is 9.43. The lowest BCUT2D eigenvalue weighted by Crippen LogP contribution is -2.07. The van der Waals surface area contributed by atoms with Gasteiger partial charge in [0.1, 0.15) is 18.1 Å². The van der Waals surface area contributed by atoms with Crippen LogP contribution in [-0.4, -0.2) is 32.2 Å². The van der Waals surface area contributed by atoms with Crippen LogP contribution in [-0.2, 0) is 11.3 Å². The maximum absolute atomic E-state index is 12.5. The fourth-order valence-corrected chi connectivity index (χ4v) is 2.86. The monoisotopic (exact) mass is 439 g/mol. The zero-order valence-corrected chi connectivity index (χ0v) is 17.7. The lowest BCUT2D eigenvalue weighted by atomic mass is 10.2. The summed E-state index contributed by atoms with van der Waals surface area (Å²) in [4.78, 5) is 22.7. The standard InChI is InChI=1S/C23H21NO8/c1-28-20-12-16(13-21(29-2)22(20)30-3)23(25)31-14-15-4-8-18(9-5-15)32-19-10-6-17(7-11-19)24(26)27/h4-13H,14H2,1-3H3. The largest absolute Gasteiger partial charge is 0.493 e. The Kier molecular flexibility index (Phi) is 7.12. The van der Waals surface area contributed by atoms with Crippen LogP contribution in [0.2, 0.25) is 0 Å². The van der Waals surface area contributed by atoms with Gasteiger partial charge in [0.25, 0.3) is 5.69 Å². The van der Waals surface area contributed by atoms with Gasteiger partial charge in [-0.25, -0.2) is 4.79 Å². The molecule has 0 aliphatic heterocycles. The number of rotatable bonds is 9. The highest BCUT2D eigenvalue weighted by Gasteiger charge is 2.18. The van der Waals surface area contributed by atoms with Crippen LogP contribution in [0.15, 0.2) is 60.7 Å². The minimum atomic E-state index is -0.546. The Hall–Kier alpha value is -4.27. The first-order valence-corrected chi connectivity index (χ1v) is 9.43. The topological polar surface area (TPSA) is 106 Å². The summed E-state index contributed by atoms with van der Waals surface area (Å²) in [6.07, 6.45) is 0. The molecule has 3 aromatic carbocycles. The number of ether oxygens (including phenoxy) is 5. The molecule has 0 saturated heterocycles. The zero-order valence-electron chi connectivity index (χ0n) is 17.7. The lowest BCUT2D eigenvalue weighted by molar-refractivity contribution is -0.384. The molecule has 32 heavy (non-hydrogen) atoms. The molecule has 0 saturated carbocycles. The van der Waals surface area contributed by atoms with E-state index in [1.165, 1.54) is 57.7 Å². The number of hydrogen-bond donors (Lipinski definition) is 0. The minimum absolute atomic E-state index is 0.0124. The van der Waals surface area contributed by atoms with Gasteiger partial charge in [0.2, 0.25) is 5.75 Å². The highest BCUT2D eigenvalue weighted by Crippen LogP contribution is 2.38. The maximum atomic E-state index is 12.5. The number of nitro benzene ring substituents is 1. The summed E-state index contributed by atoms with van der Waals surface area (Å²) in [5.41, 5.74) is 1.00. The number of non-ortho nitro benzene ring substituents is 1. The molecule has 0 N–H and O–H groups in total. The van der Waals surface area contributed by atoms with Crippen LogP contribution in [0.4, 0.5) is 5.69 Å². The summed E-state index contributed by atoms with van der Waals surface area (Å²) >= 11 is 0. The Morgan fingerprint density at radius 1 is 0.844 bits per heavy atom. The summed E-state index contributed by atoms with van der Waals surface area (Å²) in [6, 6.07) is 15.7. The molecule has 3 aromatic rings. The van der Waals surface area contributed by atoms with Crippen LogP contribution in [0.3, 0.4) is 0 Å². The van der Waals surface area contributed by atoms with Gasteiger partial charge in [-0.3, -0.25) is 10.1 Å². The second-order valence-electron chi connectivity index (χ2n) is 6.49. The average molecular weight is 439 g/mol. The van der Waals surface area contributed by atoms with Crippen molar-refractivity contribution in [1.82, 2.24) is 0 Å². The molecule has 3 rings (SSSR count). The number of nitro groups is 1. The molecule has 0 spiro atoms. The molecule has 9 nitrogen and oxygen atoms in total. The van der Waals surface area contributed by atoms with Gasteiger partial charge < -0.3 is 23.7 Å². The molecular formula is C23H21NO8. The molecule has 0 unspecified atom stereocenters. The van der Waals surface area contributed by atoms with Gasteiger partial charge in [0, 0.05) is 12.1 Å². The predicted octanol–water partition coefficient (Wildman–Crippen LogP) is 4.77. The van der Waals surface area contributed by atoms with E-state index in [4.69, 9.17) is 23.7 Å². The van der Waals surface area contributed by atoms with E-state index >= 15 is 0 Å². The van der Waals surface area contributed by atoms with Gasteiger partial charge in [-0.05, 0) is 42.0 Å². The fraction of sp³-hybridized carbons (Fsp3) is 0.174. The number of benzene rings is 3. The molecular weight excluding hydrogens is 418 g/mol. The Morgan fingerprint density at radius 3 is 1.84 bits per heavy atom. The second-order valence-corrected chi connectivity index (χ2v) is 6.49. The number of hydrogen-bond acceptors (Lipinski definition) is 8. The molecule has 166 valence electrons. The van der Waals surface area contributed by atoms with E-state index < -0.39 is 10.9 Å². The predicted molar refractivity (Wildman–Crippen MR) is 115 cm³/mol. The number of carbonyl (C=O) groups excluding carboxylic acids is 1. The average Bonchev–Trinajstić information content (AvgIpc) is 2.82. The molecule has 0 atom stereocenters. The van der Waals surface area contributed by atoms with Crippen molar-refractivity contribution in [3.8, 4) is 28.7 Å². The van der Waals surface area contributed by atoms with Crippen molar-refractivity contribution in [3.05, 3.63) is 81.9 Å². The van der Waals surface area contributed by atoms with Crippen LogP contribution >= 0.6 is 0 Å². The van der Waals surface area contributed by atoms with Crippen molar-refractivity contribution in [2.45, 2.75) is 6.61 Å². The quantitative estimate of drug-likeness (QED) is 0.267. The SMILES string of the molecule is COc1cc(C(=O)OCc2ccc(Oc3ccc([N+](=O)[O-])cc3)cc2)cc(OC)c1OC. The minimum Gasteiger partial charge on any atom is -0.493 e. The van der Waals surface area contributed by atoms with E-state index in [9.17, 15) is 14.9 Å². The van der Waals surface area contributed by atoms with Crippen LogP contribution in [0, 0.1) is 10.1 Å². The fourth-order valence-electron chi connectivity index (χ4n) is 2.86. The molecule has 0 radical (unpaired) electrons. The van der Waals surface area contributed by atoms with Gasteiger partial charge in [-0.1, -0.05) is 12.1 Å². The van der Waals surface area contributed by atoms with Crippen molar-refractivity contribution in [2.24, 2.45) is 0 Å². The number of methoxy groups -OCH3 is 3. The van der Waals surface area contributed by atoms with E-state index in [1.54, 1.807) is 24.3 Å². The van der Waals surface area contributed by atoms with Gasteiger partial charge in [0.05, 0.1) is 31.8 Å². The molecule has 0 aliphatic rings. The Morgan fingerprint density at radius 2 is 1.38 bits per heavy atom. The molecule has 0 bridgehead atoms. The Balaban J connectivity index is 1.62. The Bertz CT molecular complexity index is 1070. The molecule has 0 fully saturated rings. The summed E-state index contributed by atoms with van der Waals surface area (Å²) in [7, 11) is 4.41. The number of carbonyl (C=O) groups is 1. The number of nitrogens with zero attached hydrogens (tertiary/aromatic N) is 1. The third-order valence-electron chi connectivity index (χ3n) is 4.48. The highest BCUT2D eigenvalue weighted by molar-refractivity contribution is 5.91. The van der Waals surface area contributed by atoms with Crippen LogP contribution < -0.4 is 18.9 Å². The van der Waals surface area contributed by atoms with Crippen molar-refractivity contribution in [3.63, 3.8) is 0 Å². The van der Waals surface area contributed by atoms with E-state index in [2.05, 4.69) is 0 Å². The molecule has 0 heterocycles. The van der Waals surface area contributed by atoms with Crippen molar-refractivity contribution in [1.29, 1.82) is 0 Å². The summed E-state index contributed by atoms with van der Waals surface area (Å²) in [6.45, 7) is 0.0489. The summed E-state index contributed by atoms with van der Waals surface area (Å²) in [5, 5.41) is 10.7. The van der Waals surface area contributed by atoms with Crippen molar-refractivity contribution in [2.75, 3.05) is 21.3 Å². The second kappa shape index (κ2) is 10.2. The Labute approximate surface area is 184 Å². The van der Waals surface area contributed by atoms with E-state index in [0.717, 1.165) is 5.56 Å². The normalized spacial score (nSPS) is 10.2. The lowest BCUT2D eigenvalue weighted by Gasteiger charge is -2.14. The van der Waals surface area contributed by atoms with Crippen molar-refractivity contribution < 1.29 is 33.4 Å². The smallest absolute Gasteiger partial charge is 0.338 e. The third kappa shape index (κ3) is 5.25. The first kappa shape index (κ1) is 22.4. The molecule has 0 aliphatic carbocycles. The van der Waals surface area contributed by atoms with Gasteiger partial charge in [-0.15, -0.1) is 0 Å². The van der Waals surface area contributed by atoms with Gasteiger partial charge >= 0.3 is 5.97 Å². The summed E-state index contributed by atoms with van der Waals surface area (Å²) < 4.78 is 26.8. The number of esters is 1. The van der Waals surface area contributed by atoms with Gasteiger partial charge in [-0.2, -0.15) is 0 Å². The van der Waals surface area contributed by atoms with E-state index in [-0.39, 0.29) is 17.9 Å². The molecule has 0 amide bonds. The summed E-state index contributed by atoms with van der Waals surface area (Å²) in [5.74, 6) is 1.56. The van der Waals surface area contributed by atoms with Crippen LogP contribution in [0.1, 0.15) is 15.9 Å². The first-order chi connectivity index (χ1) is 15.4. The van der Waals surface area contributed by atoms with Gasteiger partial charge in [0.15, 0.2) is 11.5 Å². The molecule has 9 heteroatoms. The molecule has 0 aromatic heterocycles. The van der Waals surface area contributed by atoms with E-state index in [1.807, 2.05) is 0 Å². The van der Waals surface area contributed by atoms with E-state index in [0.29, 0.717) is 28.7 Å². The van der Waals surface area contributed by atoms with Crippen LogP contribution in [0.25, 0.3) is 0 Å². The van der Waals surface area contributed by atoms with Crippen molar-refractivity contribution >= 4 is 11.7 Å². The highest BCUT2D eigenvalue weighted by atomic mass is 16.6. The third-order valence-corrected chi connectivity index (χ3v) is 4.48.